The molecule has 218 valence electrons. The molecule has 0 saturated carbocycles. The highest BCUT2D eigenvalue weighted by Gasteiger charge is 2.43. The van der Waals surface area contributed by atoms with Crippen LogP contribution in [0.2, 0.25) is 0 Å². The predicted octanol–water partition coefficient (Wildman–Crippen LogP) is 7.21. The maximum Gasteiger partial charge on any atom is 0.416 e. The van der Waals surface area contributed by atoms with Gasteiger partial charge in [-0.2, -0.15) is 26.3 Å². The standard InChI is InChI=1S/C29H28F6N4OS/c1-3-16-15-39-9-7-17(16)10-25(39)26(22-6-8-36-24-5-4-21(40-2)14-23(22)24)38-27(41)37-20-12-18(28(30,31)32)11-19(13-20)29(33,34)35/h3-6,8,11-14,16-17,25-26H,1,7,9-10,15H2,2H3,(H2,37,38,41)/t16?,17?,25?,26-/m1/s1. The zero-order valence-corrected chi connectivity index (χ0v) is 22.8. The summed E-state index contributed by atoms with van der Waals surface area (Å²) in [6, 6.07) is 8.15. The molecule has 3 aromatic rings. The van der Waals surface area contributed by atoms with E-state index in [4.69, 9.17) is 17.0 Å². The van der Waals surface area contributed by atoms with Crippen LogP contribution in [0, 0.1) is 11.8 Å². The Balaban J connectivity index is 1.51. The van der Waals surface area contributed by atoms with Gasteiger partial charge in [0.25, 0.3) is 0 Å². The molecule has 5 nitrogen and oxygen atoms in total. The van der Waals surface area contributed by atoms with Crippen LogP contribution >= 0.6 is 12.2 Å². The number of methoxy groups -OCH3 is 1. The highest BCUT2D eigenvalue weighted by molar-refractivity contribution is 7.80. The monoisotopic (exact) mass is 594 g/mol. The van der Waals surface area contributed by atoms with Gasteiger partial charge in [0.2, 0.25) is 0 Å². The summed E-state index contributed by atoms with van der Waals surface area (Å²) in [5.41, 5.74) is -1.71. The van der Waals surface area contributed by atoms with Crippen LogP contribution in [0.3, 0.4) is 0 Å². The second-order valence-electron chi connectivity index (χ2n) is 10.4. The number of nitrogens with one attached hydrogen (secondary N) is 2. The number of benzene rings is 2. The van der Waals surface area contributed by atoms with Crippen LogP contribution in [0.25, 0.3) is 10.9 Å². The number of hydrogen-bond acceptors (Lipinski definition) is 4. The molecule has 0 amide bonds. The normalized spacial score (nSPS) is 23.2. The van der Waals surface area contributed by atoms with E-state index >= 15 is 0 Å². The summed E-state index contributed by atoms with van der Waals surface area (Å²) in [4.78, 5) is 6.80. The van der Waals surface area contributed by atoms with Crippen molar-refractivity contribution in [3.63, 3.8) is 0 Å². The van der Waals surface area contributed by atoms with Crippen molar-refractivity contribution in [2.45, 2.75) is 37.3 Å². The van der Waals surface area contributed by atoms with E-state index in [9.17, 15) is 26.3 Å². The van der Waals surface area contributed by atoms with Gasteiger partial charge in [0.1, 0.15) is 5.75 Å². The Morgan fingerprint density at radius 1 is 1.10 bits per heavy atom. The number of pyridine rings is 1. The lowest BCUT2D eigenvalue weighted by Crippen LogP contribution is -2.57. The topological polar surface area (TPSA) is 49.4 Å². The molecule has 3 aliphatic rings. The van der Waals surface area contributed by atoms with E-state index in [1.54, 1.807) is 19.4 Å². The summed E-state index contributed by atoms with van der Waals surface area (Å²) in [7, 11) is 1.55. The van der Waals surface area contributed by atoms with E-state index in [0.29, 0.717) is 35.2 Å². The lowest BCUT2D eigenvalue weighted by atomic mass is 9.73. The summed E-state index contributed by atoms with van der Waals surface area (Å²) in [5, 5.41) is 6.52. The molecule has 12 heteroatoms. The summed E-state index contributed by atoms with van der Waals surface area (Å²) < 4.78 is 86.0. The Hall–Kier alpha value is -3.38. The maximum absolute atomic E-state index is 13.4. The first-order valence-corrected chi connectivity index (χ1v) is 13.4. The van der Waals surface area contributed by atoms with Crippen LogP contribution in [0.5, 0.6) is 5.75 Å². The van der Waals surface area contributed by atoms with Crippen molar-refractivity contribution in [1.82, 2.24) is 15.2 Å². The lowest BCUT2D eigenvalue weighted by molar-refractivity contribution is -0.143. The largest absolute Gasteiger partial charge is 0.497 e. The predicted molar refractivity (Wildman–Crippen MR) is 149 cm³/mol. The van der Waals surface area contributed by atoms with Gasteiger partial charge in [-0.3, -0.25) is 9.88 Å². The molecule has 0 aliphatic carbocycles. The van der Waals surface area contributed by atoms with Crippen molar-refractivity contribution in [3.8, 4) is 5.75 Å². The molecule has 0 spiro atoms. The molecular formula is C29H28F6N4OS. The average molecular weight is 595 g/mol. The first kappa shape index (κ1) is 29.1. The molecule has 2 N–H and O–H groups in total. The molecule has 0 radical (unpaired) electrons. The number of hydrogen-bond donors (Lipinski definition) is 2. The SMILES string of the molecule is C=CC1CN2CCC1CC2[C@H](NC(=S)Nc1cc(C(F)(F)F)cc(C(F)(F)F)c1)c1ccnc2ccc(OC)cc12. The second kappa shape index (κ2) is 11.1. The number of rotatable bonds is 6. The maximum atomic E-state index is 13.4. The fourth-order valence-electron chi connectivity index (χ4n) is 5.99. The van der Waals surface area contributed by atoms with E-state index in [1.165, 1.54) is 0 Å². The third-order valence-corrected chi connectivity index (χ3v) is 8.21. The van der Waals surface area contributed by atoms with Gasteiger partial charge in [0.05, 0.1) is 29.8 Å². The summed E-state index contributed by atoms with van der Waals surface area (Å²) in [5.74, 6) is 1.35. The van der Waals surface area contributed by atoms with E-state index in [-0.39, 0.29) is 17.2 Å². The summed E-state index contributed by atoms with van der Waals surface area (Å²) >= 11 is 5.50. The second-order valence-corrected chi connectivity index (χ2v) is 10.8. The number of nitrogens with zero attached hydrogens (tertiary/aromatic N) is 2. The molecule has 4 heterocycles. The minimum Gasteiger partial charge on any atom is -0.497 e. The smallest absolute Gasteiger partial charge is 0.416 e. The number of halogens is 6. The van der Waals surface area contributed by atoms with Gasteiger partial charge in [0.15, 0.2) is 5.11 Å². The van der Waals surface area contributed by atoms with Gasteiger partial charge in [0, 0.05) is 29.9 Å². The quantitative estimate of drug-likeness (QED) is 0.179. The average Bonchev–Trinajstić information content (AvgIpc) is 2.94. The van der Waals surface area contributed by atoms with E-state index in [1.807, 2.05) is 24.3 Å². The summed E-state index contributed by atoms with van der Waals surface area (Å²) in [6.07, 6.45) is -4.48. The van der Waals surface area contributed by atoms with Crippen molar-refractivity contribution < 1.29 is 31.1 Å². The molecule has 3 aliphatic heterocycles. The Morgan fingerprint density at radius 3 is 2.39 bits per heavy atom. The minimum atomic E-state index is -4.97. The Labute approximate surface area is 238 Å². The highest BCUT2D eigenvalue weighted by atomic mass is 32.1. The molecular weight excluding hydrogens is 566 g/mol. The molecule has 2 bridgehead atoms. The molecule has 2 aromatic carbocycles. The van der Waals surface area contributed by atoms with Crippen LogP contribution < -0.4 is 15.4 Å². The van der Waals surface area contributed by atoms with Crippen molar-refractivity contribution in [2.24, 2.45) is 11.8 Å². The number of fused-ring (bicyclic) bond motifs is 4. The third kappa shape index (κ3) is 6.13. The van der Waals surface area contributed by atoms with Gasteiger partial charge >= 0.3 is 12.4 Å². The van der Waals surface area contributed by atoms with Gasteiger partial charge in [-0.25, -0.2) is 0 Å². The minimum absolute atomic E-state index is 0.0475. The summed E-state index contributed by atoms with van der Waals surface area (Å²) in [6.45, 7) is 5.63. The molecule has 4 unspecified atom stereocenters. The third-order valence-electron chi connectivity index (χ3n) is 7.99. The number of aromatic nitrogens is 1. The van der Waals surface area contributed by atoms with Crippen LogP contribution in [-0.2, 0) is 12.4 Å². The van der Waals surface area contributed by atoms with Crippen LogP contribution in [-0.4, -0.2) is 41.2 Å². The zero-order valence-electron chi connectivity index (χ0n) is 22.0. The van der Waals surface area contributed by atoms with E-state index in [2.05, 4.69) is 27.1 Å². The van der Waals surface area contributed by atoms with Crippen molar-refractivity contribution in [2.75, 3.05) is 25.5 Å². The Morgan fingerprint density at radius 2 is 1.80 bits per heavy atom. The molecule has 5 atom stereocenters. The van der Waals surface area contributed by atoms with Gasteiger partial charge in [-0.05, 0) is 91.5 Å². The lowest BCUT2D eigenvalue weighted by Gasteiger charge is -2.52. The molecule has 1 aromatic heterocycles. The van der Waals surface area contributed by atoms with Crippen LogP contribution in [0.4, 0.5) is 32.0 Å². The fraction of sp³-hybridized carbons (Fsp3) is 0.379. The number of anilines is 1. The van der Waals surface area contributed by atoms with Gasteiger partial charge < -0.3 is 15.4 Å². The Kier molecular flexibility index (Phi) is 7.90. The number of piperidine rings is 3. The van der Waals surface area contributed by atoms with Crippen molar-refractivity contribution in [3.05, 3.63) is 78.0 Å². The highest BCUT2D eigenvalue weighted by Crippen LogP contribution is 2.43. The van der Waals surface area contributed by atoms with E-state index in [0.717, 1.165) is 36.9 Å². The Bertz CT molecular complexity index is 1430. The first-order chi connectivity index (χ1) is 19.4. The molecule has 3 saturated heterocycles. The van der Waals surface area contributed by atoms with Crippen molar-refractivity contribution >= 4 is 33.9 Å². The molecule has 3 fully saturated rings. The van der Waals surface area contributed by atoms with Gasteiger partial charge in [-0.1, -0.05) is 6.08 Å². The van der Waals surface area contributed by atoms with Crippen LogP contribution in [0.1, 0.15) is 35.6 Å². The number of thiocarbonyl (C=S) groups is 1. The van der Waals surface area contributed by atoms with Crippen LogP contribution in [0.15, 0.2) is 61.3 Å². The van der Waals surface area contributed by atoms with Gasteiger partial charge in [-0.15, -0.1) is 6.58 Å². The van der Waals surface area contributed by atoms with E-state index < -0.39 is 35.2 Å². The number of alkyl halides is 6. The number of ether oxygens (including phenoxy) is 1. The molecule has 41 heavy (non-hydrogen) atoms. The fourth-order valence-corrected chi connectivity index (χ4v) is 6.23. The molecule has 6 rings (SSSR count). The van der Waals surface area contributed by atoms with Crippen molar-refractivity contribution in [1.29, 1.82) is 0 Å². The zero-order chi connectivity index (χ0) is 29.5. The first-order valence-electron chi connectivity index (χ1n) is 13.0.